The minimum Gasteiger partial charge on any atom is -0.439 e. The minimum atomic E-state index is 0.0392. The Hall–Kier alpha value is -2.63. The number of anilines is 1. The molecule has 1 amide bonds. The third kappa shape index (κ3) is 4.31. The van der Waals surface area contributed by atoms with E-state index in [4.69, 9.17) is 4.74 Å². The van der Waals surface area contributed by atoms with Crippen LogP contribution in [0, 0.1) is 19.8 Å². The largest absolute Gasteiger partial charge is 0.439 e. The molecule has 0 aliphatic carbocycles. The van der Waals surface area contributed by atoms with Crippen molar-refractivity contribution in [2.45, 2.75) is 27.7 Å². The summed E-state index contributed by atoms with van der Waals surface area (Å²) in [6, 6.07) is 9.75. The monoisotopic (exact) mass is 354 g/mol. The van der Waals surface area contributed by atoms with Crippen molar-refractivity contribution in [1.29, 1.82) is 0 Å². The van der Waals surface area contributed by atoms with Gasteiger partial charge in [0, 0.05) is 38.2 Å². The Labute approximate surface area is 154 Å². The van der Waals surface area contributed by atoms with Crippen LogP contribution in [0.15, 0.2) is 30.3 Å². The molecule has 1 aliphatic rings. The van der Waals surface area contributed by atoms with Gasteiger partial charge in [-0.1, -0.05) is 31.5 Å². The van der Waals surface area contributed by atoms with E-state index in [1.807, 2.05) is 62.9 Å². The molecule has 6 nitrogen and oxygen atoms in total. The molecule has 3 rings (SSSR count). The standard InChI is InChI=1S/C20H26N4O2/c1-14(2)20(25)24-11-9-23(10-12-24)18-13-19(22-16(4)21-18)26-17-7-5-15(3)6-8-17/h5-8,13-14H,9-12H2,1-4H3. The molecule has 0 saturated carbocycles. The summed E-state index contributed by atoms with van der Waals surface area (Å²) in [4.78, 5) is 25.2. The molecule has 2 heterocycles. The van der Waals surface area contributed by atoms with Crippen LogP contribution < -0.4 is 9.64 Å². The number of amides is 1. The first-order valence-corrected chi connectivity index (χ1v) is 9.06. The molecule has 1 fully saturated rings. The minimum absolute atomic E-state index is 0.0392. The highest BCUT2D eigenvalue weighted by molar-refractivity contribution is 5.78. The maximum absolute atomic E-state index is 12.1. The number of benzene rings is 1. The van der Waals surface area contributed by atoms with E-state index in [-0.39, 0.29) is 11.8 Å². The van der Waals surface area contributed by atoms with Crippen LogP contribution in [0.1, 0.15) is 25.2 Å². The van der Waals surface area contributed by atoms with Crippen molar-refractivity contribution in [2.75, 3.05) is 31.1 Å². The number of carbonyl (C=O) groups is 1. The molecular weight excluding hydrogens is 328 g/mol. The molecule has 1 saturated heterocycles. The lowest BCUT2D eigenvalue weighted by atomic mass is 10.1. The first-order chi connectivity index (χ1) is 12.4. The Kier molecular flexibility index (Phi) is 5.40. The van der Waals surface area contributed by atoms with E-state index in [2.05, 4.69) is 14.9 Å². The van der Waals surface area contributed by atoms with Crippen LogP contribution in [0.5, 0.6) is 11.6 Å². The predicted molar refractivity (Wildman–Crippen MR) is 102 cm³/mol. The molecule has 1 aromatic carbocycles. The Morgan fingerprint density at radius 3 is 2.31 bits per heavy atom. The molecule has 0 bridgehead atoms. The SMILES string of the molecule is Cc1ccc(Oc2cc(N3CCN(C(=O)C(C)C)CC3)nc(C)n2)cc1. The van der Waals surface area contributed by atoms with Crippen molar-refractivity contribution in [3.8, 4) is 11.6 Å². The van der Waals surface area contributed by atoms with E-state index in [1.54, 1.807) is 0 Å². The van der Waals surface area contributed by atoms with Crippen LogP contribution in [0.2, 0.25) is 0 Å². The summed E-state index contributed by atoms with van der Waals surface area (Å²) in [7, 11) is 0. The number of aryl methyl sites for hydroxylation is 2. The van der Waals surface area contributed by atoms with Gasteiger partial charge in [-0.05, 0) is 26.0 Å². The number of hydrogen-bond donors (Lipinski definition) is 0. The molecule has 26 heavy (non-hydrogen) atoms. The maximum Gasteiger partial charge on any atom is 0.225 e. The molecule has 6 heteroatoms. The fraction of sp³-hybridized carbons (Fsp3) is 0.450. The van der Waals surface area contributed by atoms with E-state index < -0.39 is 0 Å². The van der Waals surface area contributed by atoms with Gasteiger partial charge in [0.15, 0.2) is 0 Å². The lowest BCUT2D eigenvalue weighted by molar-refractivity contribution is -0.134. The number of nitrogens with zero attached hydrogens (tertiary/aromatic N) is 4. The molecule has 1 aliphatic heterocycles. The number of piperazine rings is 1. The Balaban J connectivity index is 1.70. The summed E-state index contributed by atoms with van der Waals surface area (Å²) < 4.78 is 5.89. The average molecular weight is 354 g/mol. The lowest BCUT2D eigenvalue weighted by Gasteiger charge is -2.36. The average Bonchev–Trinajstić information content (AvgIpc) is 2.62. The molecule has 138 valence electrons. The Bertz CT molecular complexity index is 766. The highest BCUT2D eigenvalue weighted by atomic mass is 16.5. The topological polar surface area (TPSA) is 58.6 Å². The smallest absolute Gasteiger partial charge is 0.225 e. The lowest BCUT2D eigenvalue weighted by Crippen LogP contribution is -2.50. The first-order valence-electron chi connectivity index (χ1n) is 9.06. The van der Waals surface area contributed by atoms with Gasteiger partial charge in [0.25, 0.3) is 0 Å². The van der Waals surface area contributed by atoms with Gasteiger partial charge in [-0.3, -0.25) is 4.79 Å². The van der Waals surface area contributed by atoms with Crippen molar-refractivity contribution in [3.05, 3.63) is 41.7 Å². The fourth-order valence-corrected chi connectivity index (χ4v) is 2.99. The van der Waals surface area contributed by atoms with Gasteiger partial charge in [-0.2, -0.15) is 4.98 Å². The van der Waals surface area contributed by atoms with Gasteiger partial charge in [0.2, 0.25) is 11.8 Å². The molecule has 2 aromatic rings. The number of aromatic nitrogens is 2. The van der Waals surface area contributed by atoms with Crippen LogP contribution in [0.3, 0.4) is 0 Å². The van der Waals surface area contributed by atoms with Crippen LogP contribution in [-0.2, 0) is 4.79 Å². The number of rotatable bonds is 4. The van der Waals surface area contributed by atoms with Crippen molar-refractivity contribution in [3.63, 3.8) is 0 Å². The zero-order valence-corrected chi connectivity index (χ0v) is 15.9. The highest BCUT2D eigenvalue weighted by Gasteiger charge is 2.24. The van der Waals surface area contributed by atoms with Crippen molar-refractivity contribution >= 4 is 11.7 Å². The number of ether oxygens (including phenoxy) is 1. The second-order valence-electron chi connectivity index (χ2n) is 6.99. The number of hydrogen-bond acceptors (Lipinski definition) is 5. The van der Waals surface area contributed by atoms with Gasteiger partial charge in [-0.25, -0.2) is 4.98 Å². The maximum atomic E-state index is 12.1. The number of carbonyl (C=O) groups excluding carboxylic acids is 1. The van der Waals surface area contributed by atoms with Crippen molar-refractivity contribution in [1.82, 2.24) is 14.9 Å². The second kappa shape index (κ2) is 7.72. The van der Waals surface area contributed by atoms with Crippen LogP contribution in [0.25, 0.3) is 0 Å². The van der Waals surface area contributed by atoms with E-state index in [0.29, 0.717) is 24.8 Å². The zero-order chi connectivity index (χ0) is 18.7. The molecule has 0 spiro atoms. The van der Waals surface area contributed by atoms with Gasteiger partial charge in [0.05, 0.1) is 0 Å². The molecule has 0 unspecified atom stereocenters. The summed E-state index contributed by atoms with van der Waals surface area (Å²) in [6.07, 6.45) is 0. The second-order valence-corrected chi connectivity index (χ2v) is 6.99. The van der Waals surface area contributed by atoms with Gasteiger partial charge < -0.3 is 14.5 Å². The van der Waals surface area contributed by atoms with Crippen molar-refractivity contribution < 1.29 is 9.53 Å². The van der Waals surface area contributed by atoms with Gasteiger partial charge in [0.1, 0.15) is 17.4 Å². The summed E-state index contributed by atoms with van der Waals surface area (Å²) >= 11 is 0. The Morgan fingerprint density at radius 2 is 1.69 bits per heavy atom. The summed E-state index contributed by atoms with van der Waals surface area (Å²) in [5.74, 6) is 3.06. The van der Waals surface area contributed by atoms with E-state index in [1.165, 1.54) is 5.56 Å². The zero-order valence-electron chi connectivity index (χ0n) is 15.9. The van der Waals surface area contributed by atoms with Gasteiger partial charge >= 0.3 is 0 Å². The quantitative estimate of drug-likeness (QED) is 0.844. The first kappa shape index (κ1) is 18.2. The third-order valence-electron chi connectivity index (χ3n) is 4.45. The van der Waals surface area contributed by atoms with E-state index >= 15 is 0 Å². The third-order valence-corrected chi connectivity index (χ3v) is 4.45. The highest BCUT2D eigenvalue weighted by Crippen LogP contribution is 2.24. The predicted octanol–water partition coefficient (Wildman–Crippen LogP) is 3.19. The summed E-state index contributed by atoms with van der Waals surface area (Å²) in [5, 5.41) is 0. The van der Waals surface area contributed by atoms with Crippen molar-refractivity contribution in [2.24, 2.45) is 5.92 Å². The summed E-state index contributed by atoms with van der Waals surface area (Å²) in [6.45, 7) is 10.7. The summed E-state index contributed by atoms with van der Waals surface area (Å²) in [5.41, 5.74) is 1.19. The van der Waals surface area contributed by atoms with E-state index in [9.17, 15) is 4.79 Å². The molecule has 1 aromatic heterocycles. The van der Waals surface area contributed by atoms with Crippen LogP contribution in [-0.4, -0.2) is 47.0 Å². The Morgan fingerprint density at radius 1 is 1.04 bits per heavy atom. The molecule has 0 N–H and O–H groups in total. The van der Waals surface area contributed by atoms with Crippen LogP contribution >= 0.6 is 0 Å². The van der Waals surface area contributed by atoms with Gasteiger partial charge in [-0.15, -0.1) is 0 Å². The fourth-order valence-electron chi connectivity index (χ4n) is 2.99. The normalized spacial score (nSPS) is 14.7. The van der Waals surface area contributed by atoms with Crippen LogP contribution in [0.4, 0.5) is 5.82 Å². The molecule has 0 atom stereocenters. The van der Waals surface area contributed by atoms with E-state index in [0.717, 1.165) is 24.7 Å². The molecular formula is C20H26N4O2. The molecule has 0 radical (unpaired) electrons.